The maximum Gasteiger partial charge on any atom is 0.305 e. The number of carbonyl (C=O) groups excluding carboxylic acids is 1. The summed E-state index contributed by atoms with van der Waals surface area (Å²) in [6, 6.07) is -0.0240. The molecule has 0 aliphatic carbocycles. The lowest BCUT2D eigenvalue weighted by Gasteiger charge is -2.04. The standard InChI is InChI=1S/C9H17NO2/c1-3-4-5-8(10)6-7-9(11)12-2/h4-5,8H,3,6-7,10H2,1-2H3/b5-4+. The fraction of sp³-hybridized carbons (Fsp3) is 0.667. The Labute approximate surface area is 73.6 Å². The molecule has 0 saturated carbocycles. The zero-order valence-corrected chi connectivity index (χ0v) is 7.75. The van der Waals surface area contributed by atoms with E-state index in [-0.39, 0.29) is 12.0 Å². The molecular weight excluding hydrogens is 154 g/mol. The highest BCUT2D eigenvalue weighted by molar-refractivity contribution is 5.69. The average molecular weight is 171 g/mol. The van der Waals surface area contributed by atoms with Gasteiger partial charge in [0.2, 0.25) is 0 Å². The number of carbonyl (C=O) groups is 1. The molecule has 0 heterocycles. The lowest BCUT2D eigenvalue weighted by Crippen LogP contribution is -2.18. The van der Waals surface area contributed by atoms with Gasteiger partial charge in [0.05, 0.1) is 7.11 Å². The minimum Gasteiger partial charge on any atom is -0.469 e. The normalized spacial score (nSPS) is 13.2. The first-order valence-corrected chi connectivity index (χ1v) is 4.19. The van der Waals surface area contributed by atoms with E-state index in [0.29, 0.717) is 12.8 Å². The fourth-order valence-electron chi connectivity index (χ4n) is 0.794. The number of methoxy groups -OCH3 is 1. The predicted molar refractivity (Wildman–Crippen MR) is 48.7 cm³/mol. The van der Waals surface area contributed by atoms with Crippen LogP contribution >= 0.6 is 0 Å². The third-order valence-electron chi connectivity index (χ3n) is 1.53. The largest absolute Gasteiger partial charge is 0.469 e. The van der Waals surface area contributed by atoms with Gasteiger partial charge in [-0.15, -0.1) is 0 Å². The molecular formula is C9H17NO2. The quantitative estimate of drug-likeness (QED) is 0.500. The molecule has 3 heteroatoms. The van der Waals surface area contributed by atoms with Crippen molar-refractivity contribution in [2.24, 2.45) is 5.73 Å². The molecule has 12 heavy (non-hydrogen) atoms. The SMILES string of the molecule is CC/C=C/C(N)CCC(=O)OC. The number of esters is 1. The first kappa shape index (κ1) is 11.2. The lowest BCUT2D eigenvalue weighted by molar-refractivity contribution is -0.140. The van der Waals surface area contributed by atoms with Crippen LogP contribution in [0.3, 0.4) is 0 Å². The number of hydrogen-bond acceptors (Lipinski definition) is 3. The fourth-order valence-corrected chi connectivity index (χ4v) is 0.794. The molecule has 2 N–H and O–H groups in total. The minimum absolute atomic E-state index is 0.0240. The van der Waals surface area contributed by atoms with Crippen molar-refractivity contribution in [1.82, 2.24) is 0 Å². The molecule has 3 nitrogen and oxygen atoms in total. The van der Waals surface area contributed by atoms with Gasteiger partial charge in [0.15, 0.2) is 0 Å². The molecule has 1 unspecified atom stereocenters. The molecule has 0 bridgehead atoms. The van der Waals surface area contributed by atoms with E-state index in [2.05, 4.69) is 4.74 Å². The van der Waals surface area contributed by atoms with E-state index < -0.39 is 0 Å². The summed E-state index contributed by atoms with van der Waals surface area (Å²) in [5.41, 5.74) is 5.67. The molecule has 0 saturated heterocycles. The molecule has 0 aromatic heterocycles. The van der Waals surface area contributed by atoms with E-state index in [1.165, 1.54) is 7.11 Å². The minimum atomic E-state index is -0.199. The van der Waals surface area contributed by atoms with Gasteiger partial charge in [0.1, 0.15) is 0 Å². The van der Waals surface area contributed by atoms with Crippen LogP contribution in [0.5, 0.6) is 0 Å². The second kappa shape index (κ2) is 6.85. The van der Waals surface area contributed by atoms with E-state index in [9.17, 15) is 4.79 Å². The van der Waals surface area contributed by atoms with Crippen molar-refractivity contribution in [1.29, 1.82) is 0 Å². The van der Waals surface area contributed by atoms with Gasteiger partial charge in [0, 0.05) is 12.5 Å². The number of hydrogen-bond donors (Lipinski definition) is 1. The molecule has 0 spiro atoms. The second-order valence-corrected chi connectivity index (χ2v) is 2.62. The van der Waals surface area contributed by atoms with E-state index >= 15 is 0 Å². The van der Waals surface area contributed by atoms with Crippen molar-refractivity contribution in [2.45, 2.75) is 32.2 Å². The molecule has 0 aromatic rings. The van der Waals surface area contributed by atoms with Crippen molar-refractivity contribution in [3.63, 3.8) is 0 Å². The third kappa shape index (κ3) is 5.92. The summed E-state index contributed by atoms with van der Waals surface area (Å²) in [4.78, 5) is 10.7. The topological polar surface area (TPSA) is 52.3 Å². The van der Waals surface area contributed by atoms with E-state index in [1.54, 1.807) is 0 Å². The summed E-state index contributed by atoms with van der Waals surface area (Å²) in [7, 11) is 1.38. The van der Waals surface area contributed by atoms with Crippen LogP contribution in [0.4, 0.5) is 0 Å². The van der Waals surface area contributed by atoms with Crippen LogP contribution in [0.2, 0.25) is 0 Å². The van der Waals surface area contributed by atoms with Gasteiger partial charge in [-0.05, 0) is 12.8 Å². The highest BCUT2D eigenvalue weighted by Crippen LogP contribution is 1.98. The Balaban J connectivity index is 3.49. The van der Waals surface area contributed by atoms with Crippen LogP contribution < -0.4 is 5.73 Å². The van der Waals surface area contributed by atoms with Crippen LogP contribution in [0.15, 0.2) is 12.2 Å². The zero-order chi connectivity index (χ0) is 9.40. The van der Waals surface area contributed by atoms with Crippen molar-refractivity contribution < 1.29 is 9.53 Å². The number of rotatable bonds is 5. The van der Waals surface area contributed by atoms with Gasteiger partial charge in [0.25, 0.3) is 0 Å². The Bertz CT molecular complexity index is 155. The van der Waals surface area contributed by atoms with Crippen LogP contribution in [-0.2, 0) is 9.53 Å². The predicted octanol–water partition coefficient (Wildman–Crippen LogP) is 1.23. The number of ether oxygens (including phenoxy) is 1. The van der Waals surface area contributed by atoms with Gasteiger partial charge < -0.3 is 10.5 Å². The molecule has 0 aromatic carbocycles. The second-order valence-electron chi connectivity index (χ2n) is 2.62. The van der Waals surface area contributed by atoms with E-state index in [4.69, 9.17) is 5.73 Å². The smallest absolute Gasteiger partial charge is 0.305 e. The summed E-state index contributed by atoms with van der Waals surface area (Å²) in [6.07, 6.45) is 5.95. The molecule has 70 valence electrons. The van der Waals surface area contributed by atoms with Crippen molar-refractivity contribution >= 4 is 5.97 Å². The Morgan fingerprint density at radius 2 is 2.33 bits per heavy atom. The highest BCUT2D eigenvalue weighted by atomic mass is 16.5. The monoisotopic (exact) mass is 171 g/mol. The Morgan fingerprint density at radius 3 is 2.83 bits per heavy atom. The average Bonchev–Trinajstić information content (AvgIpc) is 2.10. The van der Waals surface area contributed by atoms with Crippen LogP contribution in [0.1, 0.15) is 26.2 Å². The maximum atomic E-state index is 10.7. The van der Waals surface area contributed by atoms with Crippen molar-refractivity contribution in [3.05, 3.63) is 12.2 Å². The molecule has 0 amide bonds. The van der Waals surface area contributed by atoms with Gasteiger partial charge >= 0.3 is 5.97 Å². The summed E-state index contributed by atoms with van der Waals surface area (Å²) < 4.78 is 4.49. The third-order valence-corrected chi connectivity index (χ3v) is 1.53. The first-order valence-electron chi connectivity index (χ1n) is 4.19. The molecule has 1 atom stereocenters. The number of allylic oxidation sites excluding steroid dienone is 1. The van der Waals surface area contributed by atoms with Crippen LogP contribution in [-0.4, -0.2) is 19.1 Å². The van der Waals surface area contributed by atoms with Gasteiger partial charge in [-0.3, -0.25) is 4.79 Å². The van der Waals surface area contributed by atoms with Gasteiger partial charge in [-0.1, -0.05) is 19.1 Å². The summed E-state index contributed by atoms with van der Waals surface area (Å²) in [6.45, 7) is 2.05. The van der Waals surface area contributed by atoms with Crippen LogP contribution in [0.25, 0.3) is 0 Å². The van der Waals surface area contributed by atoms with Crippen LogP contribution in [0, 0.1) is 0 Å². The lowest BCUT2D eigenvalue weighted by atomic mass is 10.1. The molecule has 0 fully saturated rings. The Hall–Kier alpha value is -0.830. The van der Waals surface area contributed by atoms with E-state index in [0.717, 1.165) is 6.42 Å². The molecule has 0 radical (unpaired) electrons. The summed E-state index contributed by atoms with van der Waals surface area (Å²) in [5, 5.41) is 0. The zero-order valence-electron chi connectivity index (χ0n) is 7.75. The number of nitrogens with two attached hydrogens (primary N) is 1. The van der Waals surface area contributed by atoms with Gasteiger partial charge in [-0.25, -0.2) is 0 Å². The summed E-state index contributed by atoms with van der Waals surface area (Å²) in [5.74, 6) is -0.199. The van der Waals surface area contributed by atoms with Crippen molar-refractivity contribution in [2.75, 3.05) is 7.11 Å². The molecule has 0 rings (SSSR count). The maximum absolute atomic E-state index is 10.7. The van der Waals surface area contributed by atoms with Gasteiger partial charge in [-0.2, -0.15) is 0 Å². The first-order chi connectivity index (χ1) is 5.70. The molecule has 0 aliphatic heterocycles. The Morgan fingerprint density at radius 1 is 1.67 bits per heavy atom. The highest BCUT2D eigenvalue weighted by Gasteiger charge is 2.03. The Kier molecular flexibility index (Phi) is 6.38. The summed E-state index contributed by atoms with van der Waals surface area (Å²) >= 11 is 0. The van der Waals surface area contributed by atoms with Crippen molar-refractivity contribution in [3.8, 4) is 0 Å². The molecule has 0 aliphatic rings. The van der Waals surface area contributed by atoms with E-state index in [1.807, 2.05) is 19.1 Å².